The van der Waals surface area contributed by atoms with Gasteiger partial charge in [0.25, 0.3) is 0 Å². The molecule has 1 aromatic rings. The van der Waals surface area contributed by atoms with E-state index in [-0.39, 0.29) is 11.8 Å². The number of fused-ring (bicyclic) bond motifs is 1. The Hall–Kier alpha value is -0.850. The molecule has 3 nitrogen and oxygen atoms in total. The zero-order valence-corrected chi connectivity index (χ0v) is 12.9. The maximum atomic E-state index is 13.7. The van der Waals surface area contributed by atoms with E-state index in [0.29, 0.717) is 24.0 Å². The topological polar surface area (TPSA) is 44.3 Å². The minimum Gasteiger partial charge on any atom is -0.598 e. The number of hydrogen-bond acceptors (Lipinski definition) is 3. The predicted molar refractivity (Wildman–Crippen MR) is 75.0 cm³/mol. The Morgan fingerprint density at radius 2 is 2.05 bits per heavy atom. The Labute approximate surface area is 121 Å². The minimum atomic E-state index is -1.26. The standard InChI is InChI=1S/C14H19F2NO2S/c1-14(2,3)20(18)17-11-6-5-8-9(11)7-10(15)12(16)13(8)19-4/h7,11,17H,5-6H2,1-4H3/t11-,20?/m1/s1. The maximum Gasteiger partial charge on any atom is 0.200 e. The van der Waals surface area contributed by atoms with E-state index in [1.54, 1.807) is 0 Å². The van der Waals surface area contributed by atoms with E-state index in [2.05, 4.69) is 4.72 Å². The van der Waals surface area contributed by atoms with Crippen LogP contribution in [-0.2, 0) is 17.8 Å². The van der Waals surface area contributed by atoms with Crippen molar-refractivity contribution in [2.75, 3.05) is 7.11 Å². The lowest BCUT2D eigenvalue weighted by Crippen LogP contribution is -2.40. The van der Waals surface area contributed by atoms with Crippen molar-refractivity contribution in [1.82, 2.24) is 4.72 Å². The average Bonchev–Trinajstić information content (AvgIpc) is 2.72. The second-order valence-corrected chi connectivity index (χ2v) is 7.86. The molecule has 0 bridgehead atoms. The average molecular weight is 303 g/mol. The Morgan fingerprint density at radius 3 is 2.60 bits per heavy atom. The fourth-order valence-corrected chi connectivity index (χ4v) is 3.17. The number of halogens is 2. The molecule has 0 saturated carbocycles. The van der Waals surface area contributed by atoms with E-state index >= 15 is 0 Å². The monoisotopic (exact) mass is 303 g/mol. The zero-order valence-electron chi connectivity index (χ0n) is 12.0. The molecule has 1 aromatic carbocycles. The molecule has 0 spiro atoms. The summed E-state index contributed by atoms with van der Waals surface area (Å²) in [5.74, 6) is -1.93. The van der Waals surface area contributed by atoms with Gasteiger partial charge in [0, 0.05) is 16.9 Å². The smallest absolute Gasteiger partial charge is 0.200 e. The van der Waals surface area contributed by atoms with Gasteiger partial charge >= 0.3 is 0 Å². The van der Waals surface area contributed by atoms with Crippen LogP contribution in [0.2, 0.25) is 0 Å². The highest BCUT2D eigenvalue weighted by molar-refractivity contribution is 7.90. The van der Waals surface area contributed by atoms with Crippen LogP contribution in [0.15, 0.2) is 6.07 Å². The first-order valence-corrected chi connectivity index (χ1v) is 7.63. The highest BCUT2D eigenvalue weighted by Gasteiger charge is 2.35. The van der Waals surface area contributed by atoms with Gasteiger partial charge in [0.05, 0.1) is 13.2 Å². The first-order valence-electron chi connectivity index (χ1n) is 6.48. The highest BCUT2D eigenvalue weighted by atomic mass is 32.2. The van der Waals surface area contributed by atoms with Gasteiger partial charge in [0.15, 0.2) is 11.6 Å². The number of methoxy groups -OCH3 is 1. The van der Waals surface area contributed by atoms with Crippen LogP contribution in [0.25, 0.3) is 0 Å². The second-order valence-electron chi connectivity index (χ2n) is 5.86. The van der Waals surface area contributed by atoms with Gasteiger partial charge in [-0.2, -0.15) is 4.39 Å². The quantitative estimate of drug-likeness (QED) is 0.873. The number of rotatable bonds is 3. The molecule has 1 unspecified atom stereocenters. The lowest BCUT2D eigenvalue weighted by atomic mass is 10.1. The molecule has 1 aliphatic rings. The van der Waals surface area contributed by atoms with Crippen molar-refractivity contribution in [3.63, 3.8) is 0 Å². The fourth-order valence-electron chi connectivity index (χ4n) is 2.31. The lowest BCUT2D eigenvalue weighted by molar-refractivity contribution is 0.367. The Morgan fingerprint density at radius 1 is 1.40 bits per heavy atom. The van der Waals surface area contributed by atoms with Crippen LogP contribution in [0, 0.1) is 11.6 Å². The molecule has 112 valence electrons. The third-order valence-corrected chi connectivity index (χ3v) is 4.99. The molecule has 0 aromatic heterocycles. The SMILES string of the molecule is COc1c(F)c(F)cc2c1CC[C@H]2N[S+]([O-])C(C)(C)C. The molecule has 20 heavy (non-hydrogen) atoms. The van der Waals surface area contributed by atoms with Gasteiger partial charge in [-0.05, 0) is 45.2 Å². The second kappa shape index (κ2) is 5.50. The molecule has 1 N–H and O–H groups in total. The van der Waals surface area contributed by atoms with Crippen LogP contribution in [0.5, 0.6) is 5.75 Å². The molecule has 6 heteroatoms. The molecule has 0 heterocycles. The van der Waals surface area contributed by atoms with Gasteiger partial charge in [-0.1, -0.05) is 0 Å². The van der Waals surface area contributed by atoms with Crippen molar-refractivity contribution >= 4 is 11.4 Å². The third kappa shape index (κ3) is 2.77. The van der Waals surface area contributed by atoms with Crippen molar-refractivity contribution in [2.45, 2.75) is 44.4 Å². The van der Waals surface area contributed by atoms with Gasteiger partial charge in [0.1, 0.15) is 4.75 Å². The van der Waals surface area contributed by atoms with E-state index in [1.807, 2.05) is 20.8 Å². The Bertz CT molecular complexity index is 517. The summed E-state index contributed by atoms with van der Waals surface area (Å²) in [6.07, 6.45) is 1.23. The van der Waals surface area contributed by atoms with Crippen molar-refractivity contribution in [2.24, 2.45) is 0 Å². The molecule has 0 radical (unpaired) electrons. The summed E-state index contributed by atoms with van der Waals surface area (Å²) >= 11 is -1.26. The molecule has 2 rings (SSSR count). The summed E-state index contributed by atoms with van der Waals surface area (Å²) < 4.78 is 47.0. The van der Waals surface area contributed by atoms with Crippen molar-refractivity contribution in [1.29, 1.82) is 0 Å². The van der Waals surface area contributed by atoms with E-state index < -0.39 is 27.7 Å². The van der Waals surface area contributed by atoms with Gasteiger partial charge in [0.2, 0.25) is 5.82 Å². The molecular weight excluding hydrogens is 284 g/mol. The van der Waals surface area contributed by atoms with Crippen molar-refractivity contribution < 1.29 is 18.1 Å². The summed E-state index contributed by atoms with van der Waals surface area (Å²) in [4.78, 5) is 0. The van der Waals surface area contributed by atoms with Gasteiger partial charge in [-0.25, -0.2) is 4.39 Å². The number of benzene rings is 1. The van der Waals surface area contributed by atoms with Crippen LogP contribution in [0.1, 0.15) is 44.4 Å². The first-order chi connectivity index (χ1) is 9.25. The highest BCUT2D eigenvalue weighted by Crippen LogP contribution is 2.40. The van der Waals surface area contributed by atoms with Crippen LogP contribution >= 0.6 is 0 Å². The van der Waals surface area contributed by atoms with E-state index in [0.717, 1.165) is 0 Å². The van der Waals surface area contributed by atoms with E-state index in [4.69, 9.17) is 4.74 Å². The summed E-state index contributed by atoms with van der Waals surface area (Å²) in [6.45, 7) is 5.58. The summed E-state index contributed by atoms with van der Waals surface area (Å²) in [5.41, 5.74) is 1.30. The maximum absolute atomic E-state index is 13.7. The largest absolute Gasteiger partial charge is 0.598 e. The zero-order chi connectivity index (χ0) is 15.1. The molecule has 2 atom stereocenters. The number of ether oxygens (including phenoxy) is 1. The van der Waals surface area contributed by atoms with Gasteiger partial charge < -0.3 is 9.29 Å². The van der Waals surface area contributed by atoms with Gasteiger partial charge in [-0.15, -0.1) is 4.72 Å². The molecule has 0 saturated heterocycles. The van der Waals surface area contributed by atoms with Crippen molar-refractivity contribution in [3.05, 3.63) is 28.8 Å². The minimum absolute atomic E-state index is 0.0363. The fraction of sp³-hybridized carbons (Fsp3) is 0.571. The number of nitrogens with one attached hydrogen (secondary N) is 1. The molecule has 1 aliphatic carbocycles. The molecule has 0 amide bonds. The molecule has 0 fully saturated rings. The van der Waals surface area contributed by atoms with E-state index in [1.165, 1.54) is 13.2 Å². The summed E-state index contributed by atoms with van der Waals surface area (Å²) in [5, 5.41) is 0. The lowest BCUT2D eigenvalue weighted by Gasteiger charge is -2.26. The van der Waals surface area contributed by atoms with Crippen molar-refractivity contribution in [3.8, 4) is 5.75 Å². The van der Waals surface area contributed by atoms with Crippen LogP contribution in [0.4, 0.5) is 8.78 Å². The summed E-state index contributed by atoms with van der Waals surface area (Å²) in [7, 11) is 1.33. The van der Waals surface area contributed by atoms with Crippen LogP contribution in [0.3, 0.4) is 0 Å². The molecular formula is C14H19F2NO2S. The predicted octanol–water partition coefficient (Wildman–Crippen LogP) is 3.01. The summed E-state index contributed by atoms with van der Waals surface area (Å²) in [6, 6.07) is 0.937. The van der Waals surface area contributed by atoms with Crippen LogP contribution in [-0.4, -0.2) is 16.4 Å². The molecule has 0 aliphatic heterocycles. The Kier molecular flexibility index (Phi) is 4.27. The van der Waals surface area contributed by atoms with Crippen LogP contribution < -0.4 is 9.46 Å². The van der Waals surface area contributed by atoms with E-state index in [9.17, 15) is 13.3 Å². The van der Waals surface area contributed by atoms with Gasteiger partial charge in [-0.3, -0.25) is 0 Å². The first kappa shape index (κ1) is 15.5. The Balaban J connectivity index is 2.32. The third-order valence-electron chi connectivity index (χ3n) is 3.38. The number of hydrogen-bond donors (Lipinski definition) is 1. The normalized spacial score (nSPS) is 19.9.